The van der Waals surface area contributed by atoms with Gasteiger partial charge in [-0.2, -0.15) is 12.6 Å². The Balaban J connectivity index is 4.17. The summed E-state index contributed by atoms with van der Waals surface area (Å²) in [7, 11) is 0. The normalized spacial score (nSPS) is 14.8. The molecule has 0 heterocycles. The molecule has 0 aromatic heterocycles. The largest absolute Gasteiger partial charge is 0.480 e. The molecule has 0 aliphatic carbocycles. The van der Waals surface area contributed by atoms with Crippen LogP contribution in [0.15, 0.2) is 0 Å². The average molecular weight is 171 g/mol. The highest BCUT2D eigenvalue weighted by molar-refractivity contribution is 7.80. The van der Waals surface area contributed by atoms with Crippen molar-refractivity contribution in [3.63, 3.8) is 0 Å². The number of nitrogens with two attached hydrogens (primary N) is 1. The molecule has 0 spiro atoms. The Hall–Kier alpha value is -0.360. The van der Waals surface area contributed by atoms with Gasteiger partial charge in [-0.05, 0) is 0 Å². The highest BCUT2D eigenvalue weighted by Gasteiger charge is 2.40. The highest BCUT2D eigenvalue weighted by Crippen LogP contribution is 2.18. The molecule has 0 bridgehead atoms. The summed E-state index contributed by atoms with van der Waals surface area (Å²) in [6, 6.07) is -2.16. The number of alkyl halides is 2. The second-order valence-electron chi connectivity index (χ2n) is 1.74. The molecule has 0 fully saturated rings. The number of hydrogen-bond donors (Lipinski definition) is 3. The van der Waals surface area contributed by atoms with Crippen molar-refractivity contribution in [2.24, 2.45) is 5.73 Å². The van der Waals surface area contributed by atoms with Gasteiger partial charge in [0.15, 0.2) is 6.04 Å². The molecule has 0 radical (unpaired) electrons. The summed E-state index contributed by atoms with van der Waals surface area (Å²) < 4.78 is 24.4. The Morgan fingerprint density at radius 1 is 1.80 bits per heavy atom. The smallest absolute Gasteiger partial charge is 0.326 e. The summed E-state index contributed by atoms with van der Waals surface area (Å²) in [5.41, 5.74) is 4.61. The van der Waals surface area contributed by atoms with Crippen LogP contribution in [0.2, 0.25) is 0 Å². The highest BCUT2D eigenvalue weighted by atomic mass is 32.1. The summed E-state index contributed by atoms with van der Waals surface area (Å²) in [4.78, 5) is 9.87. The van der Waals surface area contributed by atoms with Gasteiger partial charge in [-0.3, -0.25) is 4.79 Å². The van der Waals surface area contributed by atoms with Crippen LogP contribution in [0, 0.1) is 0 Å². The lowest BCUT2D eigenvalue weighted by Gasteiger charge is -2.16. The van der Waals surface area contributed by atoms with Crippen LogP contribution in [-0.4, -0.2) is 28.8 Å². The van der Waals surface area contributed by atoms with E-state index in [2.05, 4.69) is 18.4 Å². The van der Waals surface area contributed by atoms with Gasteiger partial charge in [0.25, 0.3) is 5.92 Å². The molecule has 0 aromatic carbocycles. The van der Waals surface area contributed by atoms with E-state index in [0.29, 0.717) is 0 Å². The van der Waals surface area contributed by atoms with Crippen molar-refractivity contribution in [3.8, 4) is 0 Å². The molecular formula is C4H7F2NO2S. The molecule has 0 aliphatic rings. The Bertz CT molecular complexity index is 141. The van der Waals surface area contributed by atoms with Gasteiger partial charge >= 0.3 is 5.97 Å². The Morgan fingerprint density at radius 2 is 2.20 bits per heavy atom. The molecule has 6 heteroatoms. The molecular weight excluding hydrogens is 164 g/mol. The summed E-state index contributed by atoms with van der Waals surface area (Å²) in [5, 5.41) is 8.01. The first-order valence-electron chi connectivity index (χ1n) is 2.39. The fourth-order valence-electron chi connectivity index (χ4n) is 0.279. The lowest BCUT2D eigenvalue weighted by atomic mass is 10.2. The van der Waals surface area contributed by atoms with Gasteiger partial charge in [0.1, 0.15) is 0 Å². The maximum absolute atomic E-state index is 12.2. The summed E-state index contributed by atoms with van der Waals surface area (Å²) in [6.45, 7) is 0. The van der Waals surface area contributed by atoms with E-state index in [4.69, 9.17) is 5.11 Å². The van der Waals surface area contributed by atoms with Crippen LogP contribution >= 0.6 is 12.6 Å². The van der Waals surface area contributed by atoms with Crippen molar-refractivity contribution in [3.05, 3.63) is 0 Å². The first kappa shape index (κ1) is 9.64. The first-order valence-corrected chi connectivity index (χ1v) is 3.02. The molecule has 0 unspecified atom stereocenters. The fraction of sp³-hybridized carbons (Fsp3) is 0.750. The first-order chi connectivity index (χ1) is 4.41. The molecule has 3 N–H and O–H groups in total. The van der Waals surface area contributed by atoms with Gasteiger partial charge < -0.3 is 10.8 Å². The van der Waals surface area contributed by atoms with Gasteiger partial charge in [0.2, 0.25) is 0 Å². The molecule has 0 saturated carbocycles. The number of hydrogen-bond acceptors (Lipinski definition) is 3. The number of halogens is 2. The van der Waals surface area contributed by atoms with Gasteiger partial charge in [0, 0.05) is 0 Å². The third kappa shape index (κ3) is 2.11. The molecule has 0 amide bonds. The van der Waals surface area contributed by atoms with Gasteiger partial charge in [-0.1, -0.05) is 0 Å². The lowest BCUT2D eigenvalue weighted by molar-refractivity contribution is -0.146. The second kappa shape index (κ2) is 3.16. The molecule has 3 nitrogen and oxygen atoms in total. The van der Waals surface area contributed by atoms with E-state index < -0.39 is 23.7 Å². The molecule has 0 rings (SSSR count). The minimum absolute atomic E-state index is 0.861. The van der Waals surface area contributed by atoms with E-state index in [1.54, 1.807) is 0 Å². The quantitative estimate of drug-likeness (QED) is 0.522. The number of thiol groups is 1. The van der Waals surface area contributed by atoms with Crippen molar-refractivity contribution >= 4 is 18.6 Å². The number of carboxylic acid groups (broad SMARTS) is 1. The summed E-state index contributed by atoms with van der Waals surface area (Å²) >= 11 is 3.24. The van der Waals surface area contributed by atoms with Crippen LogP contribution in [0.5, 0.6) is 0 Å². The second-order valence-corrected chi connectivity index (χ2v) is 2.05. The zero-order chi connectivity index (χ0) is 8.36. The standard InChI is InChI=1S/C4H7F2NO2S/c5-4(6,1-10)2(7)3(8)9/h2,10H,1,7H2,(H,8,9)/t2-/m1/s1. The van der Waals surface area contributed by atoms with Crippen molar-refractivity contribution in [1.29, 1.82) is 0 Å². The predicted octanol–water partition coefficient (Wildman–Crippen LogP) is -0.0366. The average Bonchev–Trinajstić information content (AvgIpc) is 1.86. The zero-order valence-corrected chi connectivity index (χ0v) is 5.81. The maximum Gasteiger partial charge on any atom is 0.326 e. The lowest BCUT2D eigenvalue weighted by Crippen LogP contribution is -2.48. The van der Waals surface area contributed by atoms with Crippen LogP contribution in [0.1, 0.15) is 0 Å². The van der Waals surface area contributed by atoms with E-state index in [9.17, 15) is 13.6 Å². The Morgan fingerprint density at radius 3 is 2.30 bits per heavy atom. The maximum atomic E-state index is 12.2. The van der Waals surface area contributed by atoms with Crippen molar-refractivity contribution in [2.45, 2.75) is 12.0 Å². The molecule has 0 aliphatic heterocycles. The molecule has 0 aromatic rings. The van der Waals surface area contributed by atoms with Crippen LogP contribution in [0.25, 0.3) is 0 Å². The van der Waals surface area contributed by atoms with Crippen LogP contribution < -0.4 is 5.73 Å². The van der Waals surface area contributed by atoms with Gasteiger partial charge in [0.05, 0.1) is 5.75 Å². The minimum atomic E-state index is -3.44. The molecule has 1 atom stereocenters. The molecule has 60 valence electrons. The third-order valence-electron chi connectivity index (χ3n) is 0.932. The number of aliphatic carboxylic acids is 1. The summed E-state index contributed by atoms with van der Waals surface area (Å²) in [6.07, 6.45) is 0. The zero-order valence-electron chi connectivity index (χ0n) is 4.92. The molecule has 0 saturated heterocycles. The topological polar surface area (TPSA) is 63.3 Å². The number of carboxylic acids is 1. The van der Waals surface area contributed by atoms with E-state index >= 15 is 0 Å². The van der Waals surface area contributed by atoms with E-state index in [0.717, 1.165) is 0 Å². The SMILES string of the molecule is N[C@H](C(=O)O)C(F)(F)CS. The predicted molar refractivity (Wildman–Crippen MR) is 34.4 cm³/mol. The van der Waals surface area contributed by atoms with E-state index in [-0.39, 0.29) is 0 Å². The Kier molecular flexibility index (Phi) is 3.04. The molecule has 10 heavy (non-hydrogen) atoms. The number of rotatable bonds is 3. The third-order valence-corrected chi connectivity index (χ3v) is 1.35. The van der Waals surface area contributed by atoms with E-state index in [1.165, 1.54) is 0 Å². The van der Waals surface area contributed by atoms with Crippen LogP contribution in [0.4, 0.5) is 8.78 Å². The van der Waals surface area contributed by atoms with E-state index in [1.807, 2.05) is 0 Å². The van der Waals surface area contributed by atoms with Gasteiger partial charge in [-0.25, -0.2) is 8.78 Å². The monoisotopic (exact) mass is 171 g/mol. The van der Waals surface area contributed by atoms with Gasteiger partial charge in [-0.15, -0.1) is 0 Å². The number of carbonyl (C=O) groups is 1. The van der Waals surface area contributed by atoms with Crippen molar-refractivity contribution in [2.75, 3.05) is 5.75 Å². The van der Waals surface area contributed by atoms with Crippen LogP contribution in [0.3, 0.4) is 0 Å². The van der Waals surface area contributed by atoms with Crippen LogP contribution in [-0.2, 0) is 4.79 Å². The Labute approximate surface area is 61.6 Å². The fourth-order valence-corrected chi connectivity index (χ4v) is 0.476. The van der Waals surface area contributed by atoms with Crippen molar-refractivity contribution < 1.29 is 18.7 Å². The minimum Gasteiger partial charge on any atom is -0.480 e. The van der Waals surface area contributed by atoms with Crippen molar-refractivity contribution in [1.82, 2.24) is 0 Å². The summed E-state index contributed by atoms with van der Waals surface area (Å²) in [5.74, 6) is -6.02.